The minimum atomic E-state index is -0.774. The Balaban J connectivity index is 1.97. The maximum absolute atomic E-state index is 11.3. The van der Waals surface area contributed by atoms with Crippen molar-refractivity contribution in [2.45, 2.75) is 51.7 Å². The van der Waals surface area contributed by atoms with Gasteiger partial charge in [0, 0.05) is 23.8 Å². The second kappa shape index (κ2) is 9.51. The lowest BCUT2D eigenvalue weighted by molar-refractivity contribution is -0.137. The summed E-state index contributed by atoms with van der Waals surface area (Å²) in [7, 11) is 0. The van der Waals surface area contributed by atoms with Crippen LogP contribution in [-0.4, -0.2) is 36.4 Å². The molecule has 3 rings (SSSR count). The van der Waals surface area contributed by atoms with Gasteiger partial charge in [-0.2, -0.15) is 0 Å². The maximum atomic E-state index is 11.3. The molecule has 0 saturated carbocycles. The summed E-state index contributed by atoms with van der Waals surface area (Å²) in [6, 6.07) is 13.8. The van der Waals surface area contributed by atoms with E-state index in [2.05, 4.69) is 42.3 Å². The van der Waals surface area contributed by atoms with E-state index >= 15 is 0 Å². The summed E-state index contributed by atoms with van der Waals surface area (Å²) < 4.78 is 5.89. The smallest absolute Gasteiger partial charge is 0.303 e. The normalized spacial score (nSPS) is 20.3. The third-order valence-electron chi connectivity index (χ3n) is 5.29. The molecule has 0 bridgehead atoms. The number of halogens is 1. The lowest BCUT2D eigenvalue weighted by Crippen LogP contribution is -2.45. The maximum Gasteiger partial charge on any atom is 0.303 e. The number of rotatable bonds is 7. The van der Waals surface area contributed by atoms with Crippen LogP contribution in [0.15, 0.2) is 42.5 Å². The number of benzene rings is 2. The van der Waals surface area contributed by atoms with Crippen LogP contribution in [0, 0.1) is 0 Å². The molecule has 1 aliphatic rings. The highest BCUT2D eigenvalue weighted by Gasteiger charge is 2.25. The zero-order valence-electron chi connectivity index (χ0n) is 17.2. The van der Waals surface area contributed by atoms with Crippen LogP contribution in [0.2, 0.25) is 5.02 Å². The number of carbonyl (C=O) groups is 1. The first-order chi connectivity index (χ1) is 13.9. The van der Waals surface area contributed by atoms with Crippen molar-refractivity contribution in [2.75, 3.05) is 23.3 Å². The number of aliphatic carboxylic acids is 1. The van der Waals surface area contributed by atoms with Gasteiger partial charge in [-0.25, -0.2) is 0 Å². The number of carboxylic acids is 1. The molecule has 2 aromatic rings. The molecule has 0 aliphatic carbocycles. The van der Waals surface area contributed by atoms with Crippen LogP contribution in [0.25, 0.3) is 0 Å². The van der Waals surface area contributed by atoms with E-state index in [0.717, 1.165) is 42.1 Å². The number of hydrogen-bond donors (Lipinski definition) is 2. The molecule has 1 unspecified atom stereocenters. The van der Waals surface area contributed by atoms with Gasteiger partial charge in [0.15, 0.2) is 0 Å². The fourth-order valence-corrected chi connectivity index (χ4v) is 4.08. The molecule has 29 heavy (non-hydrogen) atoms. The average Bonchev–Trinajstić information content (AvgIpc) is 2.67. The van der Waals surface area contributed by atoms with Crippen molar-refractivity contribution in [3.63, 3.8) is 0 Å². The Morgan fingerprint density at radius 1 is 1.21 bits per heavy atom. The molecule has 1 aliphatic heterocycles. The lowest BCUT2D eigenvalue weighted by atomic mass is 9.92. The zero-order chi connectivity index (χ0) is 21.0. The Bertz CT molecular complexity index is 831. The number of anilines is 3. The van der Waals surface area contributed by atoms with E-state index in [0.29, 0.717) is 5.02 Å². The molecule has 2 aromatic carbocycles. The van der Waals surface area contributed by atoms with Crippen molar-refractivity contribution in [1.29, 1.82) is 0 Å². The highest BCUT2D eigenvalue weighted by atomic mass is 35.5. The third-order valence-corrected chi connectivity index (χ3v) is 5.54. The van der Waals surface area contributed by atoms with Gasteiger partial charge >= 0.3 is 5.97 Å². The highest BCUT2D eigenvalue weighted by molar-refractivity contribution is 6.30. The van der Waals surface area contributed by atoms with Gasteiger partial charge in [-0.3, -0.25) is 4.79 Å². The average molecular weight is 417 g/mol. The van der Waals surface area contributed by atoms with Gasteiger partial charge in [0.25, 0.3) is 0 Å². The number of morpholine rings is 1. The number of nitrogens with zero attached hydrogens (tertiary/aromatic N) is 1. The molecule has 0 amide bonds. The quantitative estimate of drug-likeness (QED) is 0.609. The fraction of sp³-hybridized carbons (Fsp3) is 0.435. The molecule has 6 heteroatoms. The van der Waals surface area contributed by atoms with Gasteiger partial charge < -0.3 is 20.1 Å². The van der Waals surface area contributed by atoms with E-state index in [9.17, 15) is 9.90 Å². The molecular weight excluding hydrogens is 388 g/mol. The summed E-state index contributed by atoms with van der Waals surface area (Å²) in [4.78, 5) is 13.6. The van der Waals surface area contributed by atoms with Crippen molar-refractivity contribution in [3.05, 3.63) is 53.1 Å². The molecule has 156 valence electrons. The Morgan fingerprint density at radius 3 is 2.45 bits per heavy atom. The van der Waals surface area contributed by atoms with Gasteiger partial charge in [0.2, 0.25) is 0 Å². The van der Waals surface area contributed by atoms with Gasteiger partial charge in [0.05, 0.1) is 30.0 Å². The summed E-state index contributed by atoms with van der Waals surface area (Å²) in [5.74, 6) is -0.793. The molecule has 3 atom stereocenters. The molecule has 0 radical (unpaired) electrons. The number of carboxylic acid groups (broad SMARTS) is 1. The predicted molar refractivity (Wildman–Crippen MR) is 119 cm³/mol. The number of ether oxygens (including phenoxy) is 1. The molecule has 1 fully saturated rings. The van der Waals surface area contributed by atoms with E-state index in [1.54, 1.807) is 0 Å². The standard InChI is InChI=1S/C23H29ClN2O3/c1-4-17(12-23(27)28)18-5-10-22(26-13-15(2)29-16(3)14-26)21(11-18)25-20-8-6-19(24)7-9-20/h5-11,15-17,25H,4,12-14H2,1-3H3,(H,27,28)/t15-,16+,17?. The van der Waals surface area contributed by atoms with Crippen molar-refractivity contribution in [3.8, 4) is 0 Å². The first-order valence-electron chi connectivity index (χ1n) is 10.1. The summed E-state index contributed by atoms with van der Waals surface area (Å²) >= 11 is 6.03. The van der Waals surface area contributed by atoms with Crippen LogP contribution < -0.4 is 10.2 Å². The monoisotopic (exact) mass is 416 g/mol. The van der Waals surface area contributed by atoms with Crippen molar-refractivity contribution in [1.82, 2.24) is 0 Å². The Kier molecular flexibility index (Phi) is 7.04. The third kappa shape index (κ3) is 5.64. The van der Waals surface area contributed by atoms with Gasteiger partial charge in [-0.05, 0) is 68.1 Å². The minimum absolute atomic E-state index is 0.0187. The van der Waals surface area contributed by atoms with E-state index in [-0.39, 0.29) is 24.5 Å². The molecule has 2 N–H and O–H groups in total. The molecule has 0 spiro atoms. The van der Waals surface area contributed by atoms with Crippen LogP contribution in [-0.2, 0) is 9.53 Å². The van der Waals surface area contributed by atoms with E-state index < -0.39 is 5.97 Å². The Morgan fingerprint density at radius 2 is 1.86 bits per heavy atom. The second-order valence-corrected chi connectivity index (χ2v) is 8.21. The fourth-order valence-electron chi connectivity index (χ4n) is 3.96. The number of nitrogens with one attached hydrogen (secondary N) is 1. The van der Waals surface area contributed by atoms with Crippen LogP contribution in [0.4, 0.5) is 17.1 Å². The van der Waals surface area contributed by atoms with E-state index in [1.165, 1.54) is 0 Å². The van der Waals surface area contributed by atoms with Crippen LogP contribution in [0.3, 0.4) is 0 Å². The van der Waals surface area contributed by atoms with Crippen molar-refractivity contribution < 1.29 is 14.6 Å². The molecule has 1 heterocycles. The van der Waals surface area contributed by atoms with Crippen LogP contribution in [0.1, 0.15) is 45.1 Å². The zero-order valence-corrected chi connectivity index (χ0v) is 17.9. The van der Waals surface area contributed by atoms with Crippen molar-refractivity contribution in [2.24, 2.45) is 0 Å². The molecule has 1 saturated heterocycles. The SMILES string of the molecule is CCC(CC(=O)O)c1ccc(N2C[C@@H](C)O[C@@H](C)C2)c(Nc2ccc(Cl)cc2)c1. The first kappa shape index (κ1) is 21.5. The van der Waals surface area contributed by atoms with Gasteiger partial charge in [-0.15, -0.1) is 0 Å². The topological polar surface area (TPSA) is 61.8 Å². The predicted octanol–water partition coefficient (Wildman–Crippen LogP) is 5.67. The summed E-state index contributed by atoms with van der Waals surface area (Å²) in [5.41, 5.74) is 4.03. The lowest BCUT2D eigenvalue weighted by Gasteiger charge is -2.38. The minimum Gasteiger partial charge on any atom is -0.481 e. The van der Waals surface area contributed by atoms with Crippen molar-refractivity contribution >= 4 is 34.6 Å². The van der Waals surface area contributed by atoms with Crippen LogP contribution in [0.5, 0.6) is 0 Å². The van der Waals surface area contributed by atoms with Gasteiger partial charge in [0.1, 0.15) is 0 Å². The number of hydrogen-bond acceptors (Lipinski definition) is 4. The second-order valence-electron chi connectivity index (χ2n) is 7.77. The summed E-state index contributed by atoms with van der Waals surface area (Å²) in [6.07, 6.45) is 1.20. The van der Waals surface area contributed by atoms with Gasteiger partial charge in [-0.1, -0.05) is 24.6 Å². The van der Waals surface area contributed by atoms with E-state index in [4.69, 9.17) is 16.3 Å². The molecule has 0 aromatic heterocycles. The first-order valence-corrected chi connectivity index (χ1v) is 10.5. The Hall–Kier alpha value is -2.24. The largest absolute Gasteiger partial charge is 0.481 e. The summed E-state index contributed by atoms with van der Waals surface area (Å²) in [5, 5.41) is 13.5. The highest BCUT2D eigenvalue weighted by Crippen LogP contribution is 2.35. The molecular formula is C23H29ClN2O3. The van der Waals surface area contributed by atoms with E-state index in [1.807, 2.05) is 31.2 Å². The van der Waals surface area contributed by atoms with Crippen LogP contribution >= 0.6 is 11.6 Å². The summed E-state index contributed by atoms with van der Waals surface area (Å²) in [6.45, 7) is 7.82. The molecule has 5 nitrogen and oxygen atoms in total. The Labute approximate surface area is 177 Å².